The summed E-state index contributed by atoms with van der Waals surface area (Å²) in [5.41, 5.74) is 0.369. The second-order valence-electron chi connectivity index (χ2n) is 9.91. The van der Waals surface area contributed by atoms with Crippen LogP contribution in [0.2, 0.25) is 51.4 Å². The quantitative estimate of drug-likeness (QED) is 0.204. The lowest BCUT2D eigenvalue weighted by atomic mass is 10.3. The number of rotatable bonds is 12. The summed E-state index contributed by atoms with van der Waals surface area (Å²) < 4.78 is 19.1. The number of carbonyl (C=O) groups is 2. The largest absolute Gasteiger partial charge is 0.386 e. The molecule has 9 nitrogen and oxygen atoms in total. The van der Waals surface area contributed by atoms with Crippen molar-refractivity contribution in [3.63, 3.8) is 0 Å². The topological polar surface area (TPSA) is 97.5 Å². The molecule has 0 N–H and O–H groups in total. The summed E-state index contributed by atoms with van der Waals surface area (Å²) in [6.07, 6.45) is 5.71. The van der Waals surface area contributed by atoms with Gasteiger partial charge >= 0.3 is 11.9 Å². The molecule has 0 radical (unpaired) electrons. The standard InChI is InChI=1S/C20H34N4O5Si2/c1-30(2,3)9-7-27-15-23-13-17(11-21-23)19(25)29-20(26)18-12-22-24(14-18)16-28-8-10-31(4,5)6/h11-14H,7-10,15-16H2,1-6H3. The number of ether oxygens (including phenoxy) is 3. The maximum atomic E-state index is 12.2. The van der Waals surface area contributed by atoms with Crippen molar-refractivity contribution in [1.82, 2.24) is 19.6 Å². The highest BCUT2D eigenvalue weighted by molar-refractivity contribution is 6.76. The number of hydrogen-bond donors (Lipinski definition) is 0. The van der Waals surface area contributed by atoms with Crippen LogP contribution in [0, 0.1) is 0 Å². The van der Waals surface area contributed by atoms with Gasteiger partial charge in [0.25, 0.3) is 0 Å². The van der Waals surface area contributed by atoms with Crippen LogP contribution in [-0.2, 0) is 27.7 Å². The van der Waals surface area contributed by atoms with E-state index in [1.54, 1.807) is 0 Å². The van der Waals surface area contributed by atoms with Gasteiger partial charge in [-0.15, -0.1) is 0 Å². The van der Waals surface area contributed by atoms with E-state index in [4.69, 9.17) is 14.2 Å². The fourth-order valence-electron chi connectivity index (χ4n) is 2.35. The van der Waals surface area contributed by atoms with Crippen LogP contribution in [0.1, 0.15) is 20.7 Å². The third-order valence-electron chi connectivity index (χ3n) is 4.36. The van der Waals surface area contributed by atoms with E-state index in [1.807, 2.05) is 0 Å². The van der Waals surface area contributed by atoms with Crippen molar-refractivity contribution in [2.45, 2.75) is 64.8 Å². The summed E-state index contributed by atoms with van der Waals surface area (Å²) in [6, 6.07) is 2.10. The highest BCUT2D eigenvalue weighted by Crippen LogP contribution is 2.10. The SMILES string of the molecule is C[Si](C)(C)CCOCn1cc(C(=O)OC(=O)c2cnn(COCC[Si](C)(C)C)c2)cn1. The van der Waals surface area contributed by atoms with E-state index in [9.17, 15) is 9.59 Å². The van der Waals surface area contributed by atoms with Crippen LogP contribution in [-0.4, -0.2) is 60.9 Å². The van der Waals surface area contributed by atoms with Gasteiger partial charge in [0.2, 0.25) is 0 Å². The van der Waals surface area contributed by atoms with E-state index >= 15 is 0 Å². The lowest BCUT2D eigenvalue weighted by Crippen LogP contribution is -2.22. The van der Waals surface area contributed by atoms with Gasteiger partial charge in [-0.2, -0.15) is 10.2 Å². The summed E-state index contributed by atoms with van der Waals surface area (Å²) in [5.74, 6) is -1.53. The first-order valence-corrected chi connectivity index (χ1v) is 17.8. The predicted octanol–water partition coefficient (Wildman–Crippen LogP) is 3.70. The summed E-state index contributed by atoms with van der Waals surface area (Å²) >= 11 is 0. The van der Waals surface area contributed by atoms with E-state index in [0.717, 1.165) is 12.1 Å². The molecule has 2 rings (SSSR count). The van der Waals surface area contributed by atoms with E-state index in [0.29, 0.717) is 13.2 Å². The molecular formula is C20H34N4O5Si2. The molecular weight excluding hydrogens is 432 g/mol. The molecule has 0 aliphatic heterocycles. The monoisotopic (exact) mass is 466 g/mol. The average Bonchev–Trinajstić information content (AvgIpc) is 3.30. The van der Waals surface area contributed by atoms with Gasteiger partial charge in [0.15, 0.2) is 0 Å². The zero-order valence-electron chi connectivity index (χ0n) is 19.4. The van der Waals surface area contributed by atoms with Crippen molar-refractivity contribution >= 4 is 28.1 Å². The molecule has 0 aliphatic carbocycles. The van der Waals surface area contributed by atoms with Gasteiger partial charge in [-0.05, 0) is 12.1 Å². The molecule has 0 atom stereocenters. The Kier molecular flexibility index (Phi) is 8.92. The Hall–Kier alpha value is -2.09. The van der Waals surface area contributed by atoms with E-state index in [-0.39, 0.29) is 24.6 Å². The molecule has 0 amide bonds. The Morgan fingerprint density at radius 3 is 1.52 bits per heavy atom. The molecule has 11 heteroatoms. The molecule has 0 saturated heterocycles. The molecule has 2 aromatic rings. The summed E-state index contributed by atoms with van der Waals surface area (Å²) in [4.78, 5) is 24.5. The molecule has 0 fully saturated rings. The number of esters is 2. The third kappa shape index (κ3) is 9.72. The van der Waals surface area contributed by atoms with Crippen molar-refractivity contribution in [2.75, 3.05) is 13.2 Å². The normalized spacial score (nSPS) is 12.2. The number of carbonyl (C=O) groups excluding carboxylic acids is 2. The van der Waals surface area contributed by atoms with Crippen molar-refractivity contribution < 1.29 is 23.8 Å². The zero-order valence-corrected chi connectivity index (χ0v) is 21.4. The molecule has 31 heavy (non-hydrogen) atoms. The second kappa shape index (κ2) is 11.0. The molecule has 0 aromatic carbocycles. The fraction of sp³-hybridized carbons (Fsp3) is 0.600. The van der Waals surface area contributed by atoms with Crippen LogP contribution in [0.3, 0.4) is 0 Å². The first-order chi connectivity index (χ1) is 14.4. The Balaban J connectivity index is 1.78. The average molecular weight is 467 g/mol. The minimum Gasteiger partial charge on any atom is -0.386 e. The van der Waals surface area contributed by atoms with Crippen LogP contribution in [0.25, 0.3) is 0 Å². The minimum atomic E-state index is -1.15. The van der Waals surface area contributed by atoms with Crippen molar-refractivity contribution in [1.29, 1.82) is 0 Å². The Bertz CT molecular complexity index is 797. The molecule has 172 valence electrons. The number of hydrogen-bond acceptors (Lipinski definition) is 7. The van der Waals surface area contributed by atoms with Crippen LogP contribution < -0.4 is 0 Å². The molecule has 0 aliphatic rings. The minimum absolute atomic E-state index is 0.184. The molecule has 2 heterocycles. The first-order valence-electron chi connectivity index (χ1n) is 10.4. The Morgan fingerprint density at radius 2 is 1.16 bits per heavy atom. The summed E-state index contributed by atoms with van der Waals surface area (Å²) in [7, 11) is -2.31. The maximum absolute atomic E-state index is 12.2. The summed E-state index contributed by atoms with van der Waals surface area (Å²) in [6.45, 7) is 15.5. The molecule has 0 unspecified atom stereocenters. The van der Waals surface area contributed by atoms with Gasteiger partial charge in [-0.25, -0.2) is 19.0 Å². The van der Waals surface area contributed by atoms with Gasteiger partial charge in [-0.3, -0.25) is 0 Å². The Morgan fingerprint density at radius 1 is 0.774 bits per heavy atom. The van der Waals surface area contributed by atoms with E-state index in [2.05, 4.69) is 49.5 Å². The third-order valence-corrected chi connectivity index (χ3v) is 7.77. The fourth-order valence-corrected chi connectivity index (χ4v) is 3.87. The van der Waals surface area contributed by atoms with Gasteiger partial charge in [0.1, 0.15) is 13.5 Å². The van der Waals surface area contributed by atoms with Crippen molar-refractivity contribution in [3.8, 4) is 0 Å². The van der Waals surface area contributed by atoms with Crippen LogP contribution in [0.15, 0.2) is 24.8 Å². The molecule has 2 aromatic heterocycles. The molecule has 0 spiro atoms. The number of aromatic nitrogens is 4. The molecule has 0 bridgehead atoms. The predicted molar refractivity (Wildman–Crippen MR) is 122 cm³/mol. The maximum Gasteiger partial charge on any atom is 0.349 e. The van der Waals surface area contributed by atoms with Gasteiger partial charge in [0.05, 0.1) is 23.5 Å². The van der Waals surface area contributed by atoms with E-state index in [1.165, 1.54) is 34.2 Å². The van der Waals surface area contributed by atoms with Gasteiger partial charge in [-0.1, -0.05) is 39.3 Å². The van der Waals surface area contributed by atoms with Gasteiger partial charge < -0.3 is 14.2 Å². The van der Waals surface area contributed by atoms with Crippen LogP contribution >= 0.6 is 0 Å². The summed E-state index contributed by atoms with van der Waals surface area (Å²) in [5, 5.41) is 8.15. The highest BCUT2D eigenvalue weighted by atomic mass is 28.3. The van der Waals surface area contributed by atoms with Crippen LogP contribution in [0.4, 0.5) is 0 Å². The van der Waals surface area contributed by atoms with Gasteiger partial charge in [0, 0.05) is 41.8 Å². The molecule has 0 saturated carbocycles. The van der Waals surface area contributed by atoms with Crippen molar-refractivity contribution in [2.24, 2.45) is 0 Å². The number of nitrogens with zero attached hydrogens (tertiary/aromatic N) is 4. The highest BCUT2D eigenvalue weighted by Gasteiger charge is 2.19. The first kappa shape index (κ1) is 25.2. The zero-order chi connectivity index (χ0) is 23.1. The van der Waals surface area contributed by atoms with E-state index < -0.39 is 28.1 Å². The second-order valence-corrected chi connectivity index (χ2v) is 21.2. The lowest BCUT2D eigenvalue weighted by molar-refractivity contribution is 0.0397. The van der Waals surface area contributed by atoms with Crippen molar-refractivity contribution in [3.05, 3.63) is 35.9 Å². The van der Waals surface area contributed by atoms with Crippen LogP contribution in [0.5, 0.6) is 0 Å². The Labute approximate surface area is 185 Å². The smallest absolute Gasteiger partial charge is 0.349 e. The lowest BCUT2D eigenvalue weighted by Gasteiger charge is -2.15.